The zero-order valence-electron chi connectivity index (χ0n) is 11.9. The van der Waals surface area contributed by atoms with Gasteiger partial charge in [-0.25, -0.2) is 0 Å². The summed E-state index contributed by atoms with van der Waals surface area (Å²) in [5.74, 6) is 0.0111. The van der Waals surface area contributed by atoms with Crippen molar-refractivity contribution in [3.8, 4) is 6.07 Å². The Morgan fingerprint density at radius 3 is 3.00 bits per heavy atom. The van der Waals surface area contributed by atoms with Gasteiger partial charge in [-0.2, -0.15) is 5.26 Å². The first-order valence-corrected chi connectivity index (χ1v) is 7.27. The number of nitrogens with zero attached hydrogens (tertiary/aromatic N) is 2. The standard InChI is InChI=1S/C16H21N3O/c1-2-19(12-15-8-3-4-9-18-15)16(20)14-7-5-6-13(10-14)11-17/h5-7,10,15,18H,2-4,8-9,12H2,1H3. The van der Waals surface area contributed by atoms with Gasteiger partial charge in [-0.1, -0.05) is 12.5 Å². The molecule has 0 bridgehead atoms. The summed E-state index contributed by atoms with van der Waals surface area (Å²) in [6.45, 7) is 4.47. The third-order valence-corrected chi connectivity index (χ3v) is 3.76. The molecule has 0 aromatic heterocycles. The highest BCUT2D eigenvalue weighted by molar-refractivity contribution is 5.94. The van der Waals surface area contributed by atoms with Gasteiger partial charge in [-0.05, 0) is 44.5 Å². The lowest BCUT2D eigenvalue weighted by Crippen LogP contribution is -2.45. The van der Waals surface area contributed by atoms with Gasteiger partial charge in [0.15, 0.2) is 0 Å². The molecule has 1 aromatic carbocycles. The van der Waals surface area contributed by atoms with Gasteiger partial charge in [0, 0.05) is 24.7 Å². The van der Waals surface area contributed by atoms with Crippen LogP contribution >= 0.6 is 0 Å². The Morgan fingerprint density at radius 1 is 1.50 bits per heavy atom. The molecule has 2 rings (SSSR count). The Bertz CT molecular complexity index is 501. The van der Waals surface area contributed by atoms with Crippen molar-refractivity contribution in [2.24, 2.45) is 0 Å². The number of piperidine rings is 1. The van der Waals surface area contributed by atoms with Crippen molar-refractivity contribution in [1.82, 2.24) is 10.2 Å². The smallest absolute Gasteiger partial charge is 0.253 e. The molecule has 1 atom stereocenters. The Balaban J connectivity index is 2.05. The second kappa shape index (κ2) is 7.06. The van der Waals surface area contributed by atoms with Crippen molar-refractivity contribution in [2.45, 2.75) is 32.2 Å². The zero-order valence-corrected chi connectivity index (χ0v) is 11.9. The molecule has 4 heteroatoms. The van der Waals surface area contributed by atoms with Crippen LogP contribution in [0.4, 0.5) is 0 Å². The van der Waals surface area contributed by atoms with Crippen LogP contribution in [0.3, 0.4) is 0 Å². The van der Waals surface area contributed by atoms with Crippen molar-refractivity contribution < 1.29 is 4.79 Å². The first kappa shape index (κ1) is 14.5. The second-order valence-electron chi connectivity index (χ2n) is 5.18. The molecule has 4 nitrogen and oxygen atoms in total. The molecule has 20 heavy (non-hydrogen) atoms. The van der Waals surface area contributed by atoms with Crippen LogP contribution in [0.15, 0.2) is 24.3 Å². The molecule has 0 saturated carbocycles. The summed E-state index contributed by atoms with van der Waals surface area (Å²) < 4.78 is 0. The van der Waals surface area contributed by atoms with Crippen LogP contribution < -0.4 is 5.32 Å². The van der Waals surface area contributed by atoms with Gasteiger partial charge < -0.3 is 10.2 Å². The topological polar surface area (TPSA) is 56.1 Å². The Kier molecular flexibility index (Phi) is 5.14. The van der Waals surface area contributed by atoms with Crippen molar-refractivity contribution >= 4 is 5.91 Å². The highest BCUT2D eigenvalue weighted by Gasteiger charge is 2.20. The maximum atomic E-state index is 12.5. The maximum absolute atomic E-state index is 12.5. The normalized spacial score (nSPS) is 18.3. The van der Waals surface area contributed by atoms with E-state index in [-0.39, 0.29) is 5.91 Å². The summed E-state index contributed by atoms with van der Waals surface area (Å²) in [7, 11) is 0. The first-order chi connectivity index (χ1) is 9.74. The fourth-order valence-electron chi connectivity index (χ4n) is 2.61. The van der Waals surface area contributed by atoms with E-state index in [0.29, 0.717) is 23.7 Å². The number of carbonyl (C=O) groups excluding carboxylic acids is 1. The van der Waals surface area contributed by atoms with Gasteiger partial charge in [0.05, 0.1) is 11.6 Å². The van der Waals surface area contributed by atoms with Gasteiger partial charge in [0.2, 0.25) is 0 Å². The van der Waals surface area contributed by atoms with E-state index in [4.69, 9.17) is 5.26 Å². The number of nitrogens with one attached hydrogen (secondary N) is 1. The minimum atomic E-state index is 0.0111. The van der Waals surface area contributed by atoms with E-state index in [9.17, 15) is 4.79 Å². The Hall–Kier alpha value is -1.86. The molecule has 1 amide bonds. The number of likely N-dealkylation sites (N-methyl/N-ethyl adjacent to an activating group) is 1. The molecule has 1 unspecified atom stereocenters. The van der Waals surface area contributed by atoms with Crippen LogP contribution in [0, 0.1) is 11.3 Å². The number of nitriles is 1. The van der Waals surface area contributed by atoms with Crippen LogP contribution in [-0.2, 0) is 0 Å². The number of hydrogen-bond donors (Lipinski definition) is 1. The van der Waals surface area contributed by atoms with E-state index < -0.39 is 0 Å². The number of benzene rings is 1. The lowest BCUT2D eigenvalue weighted by Gasteiger charge is -2.30. The highest BCUT2D eigenvalue weighted by atomic mass is 16.2. The SMILES string of the molecule is CCN(CC1CCCCN1)C(=O)c1cccc(C#N)c1. The van der Waals surface area contributed by atoms with Crippen molar-refractivity contribution in [3.63, 3.8) is 0 Å². The molecule has 1 fully saturated rings. The van der Waals surface area contributed by atoms with E-state index in [1.807, 2.05) is 11.8 Å². The highest BCUT2D eigenvalue weighted by Crippen LogP contribution is 2.12. The molecule has 1 aliphatic heterocycles. The van der Waals surface area contributed by atoms with E-state index in [1.54, 1.807) is 24.3 Å². The predicted molar refractivity (Wildman–Crippen MR) is 78.4 cm³/mol. The summed E-state index contributed by atoms with van der Waals surface area (Å²) in [5.41, 5.74) is 1.13. The van der Waals surface area contributed by atoms with Crippen LogP contribution in [-0.4, -0.2) is 36.5 Å². The molecule has 1 N–H and O–H groups in total. The van der Waals surface area contributed by atoms with Gasteiger partial charge in [0.1, 0.15) is 0 Å². The van der Waals surface area contributed by atoms with E-state index in [2.05, 4.69) is 11.4 Å². The number of hydrogen-bond acceptors (Lipinski definition) is 3. The molecule has 0 radical (unpaired) electrons. The lowest BCUT2D eigenvalue weighted by atomic mass is 10.0. The fourth-order valence-corrected chi connectivity index (χ4v) is 2.61. The maximum Gasteiger partial charge on any atom is 0.253 e. The average Bonchev–Trinajstić information content (AvgIpc) is 2.53. The van der Waals surface area contributed by atoms with Crippen LogP contribution in [0.25, 0.3) is 0 Å². The van der Waals surface area contributed by atoms with Crippen molar-refractivity contribution in [1.29, 1.82) is 5.26 Å². The Labute approximate surface area is 120 Å². The molecular formula is C16H21N3O. The zero-order chi connectivity index (χ0) is 14.4. The van der Waals surface area contributed by atoms with Crippen LogP contribution in [0.2, 0.25) is 0 Å². The first-order valence-electron chi connectivity index (χ1n) is 7.27. The average molecular weight is 271 g/mol. The van der Waals surface area contributed by atoms with Gasteiger partial charge in [-0.3, -0.25) is 4.79 Å². The molecule has 1 heterocycles. The predicted octanol–water partition coefficient (Wildman–Crippen LogP) is 2.16. The summed E-state index contributed by atoms with van der Waals surface area (Å²) >= 11 is 0. The molecule has 1 aromatic rings. The van der Waals surface area contributed by atoms with Gasteiger partial charge in [-0.15, -0.1) is 0 Å². The quantitative estimate of drug-likeness (QED) is 0.913. The molecular weight excluding hydrogens is 250 g/mol. The van der Waals surface area contributed by atoms with Crippen molar-refractivity contribution in [2.75, 3.05) is 19.6 Å². The number of rotatable bonds is 4. The number of amides is 1. The lowest BCUT2D eigenvalue weighted by molar-refractivity contribution is 0.0741. The fraction of sp³-hybridized carbons (Fsp3) is 0.500. The molecule has 0 spiro atoms. The van der Waals surface area contributed by atoms with Crippen LogP contribution in [0.5, 0.6) is 0 Å². The van der Waals surface area contributed by atoms with Gasteiger partial charge >= 0.3 is 0 Å². The summed E-state index contributed by atoms with van der Waals surface area (Å²) in [6.07, 6.45) is 3.58. The largest absolute Gasteiger partial charge is 0.337 e. The van der Waals surface area contributed by atoms with E-state index >= 15 is 0 Å². The molecule has 1 saturated heterocycles. The van der Waals surface area contributed by atoms with E-state index in [0.717, 1.165) is 19.5 Å². The molecule has 0 aliphatic carbocycles. The number of carbonyl (C=O) groups is 1. The minimum absolute atomic E-state index is 0.0111. The molecule has 106 valence electrons. The van der Waals surface area contributed by atoms with E-state index in [1.165, 1.54) is 12.8 Å². The Morgan fingerprint density at radius 2 is 2.35 bits per heavy atom. The third-order valence-electron chi connectivity index (χ3n) is 3.76. The van der Waals surface area contributed by atoms with Crippen LogP contribution in [0.1, 0.15) is 42.1 Å². The monoisotopic (exact) mass is 271 g/mol. The second-order valence-corrected chi connectivity index (χ2v) is 5.18. The minimum Gasteiger partial charge on any atom is -0.337 e. The summed E-state index contributed by atoms with van der Waals surface area (Å²) in [5, 5.41) is 12.4. The molecule has 1 aliphatic rings. The summed E-state index contributed by atoms with van der Waals surface area (Å²) in [4.78, 5) is 14.4. The van der Waals surface area contributed by atoms with Gasteiger partial charge in [0.25, 0.3) is 5.91 Å². The van der Waals surface area contributed by atoms with Crippen molar-refractivity contribution in [3.05, 3.63) is 35.4 Å². The third kappa shape index (κ3) is 3.58. The summed E-state index contributed by atoms with van der Waals surface area (Å²) in [6, 6.07) is 9.40.